The number of hydrogen-bond acceptors (Lipinski definition) is 2. The van der Waals surface area contributed by atoms with Crippen molar-refractivity contribution in [1.29, 1.82) is 0 Å². The van der Waals surface area contributed by atoms with Crippen molar-refractivity contribution in [1.82, 2.24) is 4.90 Å². The molecule has 5 rings (SSSR count). The van der Waals surface area contributed by atoms with Crippen LogP contribution in [-0.4, -0.2) is 30.0 Å². The fourth-order valence-corrected chi connectivity index (χ4v) is 8.44. The third kappa shape index (κ3) is 2.87. The second-order valence-electron chi connectivity index (χ2n) is 11.6. The Labute approximate surface area is 182 Å². The first-order valence-electron chi connectivity index (χ1n) is 12.2. The van der Waals surface area contributed by atoms with E-state index in [1.165, 1.54) is 37.7 Å². The van der Waals surface area contributed by atoms with Crippen LogP contribution in [0.3, 0.4) is 0 Å². The third-order valence-electron chi connectivity index (χ3n) is 10.1. The summed E-state index contributed by atoms with van der Waals surface area (Å²) in [6.07, 6.45) is 8.65. The van der Waals surface area contributed by atoms with Crippen molar-refractivity contribution in [2.24, 2.45) is 34.5 Å². The van der Waals surface area contributed by atoms with Gasteiger partial charge in [0, 0.05) is 13.5 Å². The maximum atomic E-state index is 12.8. The van der Waals surface area contributed by atoms with Crippen LogP contribution in [-0.2, 0) is 4.79 Å². The van der Waals surface area contributed by atoms with Gasteiger partial charge in [-0.2, -0.15) is 0 Å². The predicted octanol–water partition coefficient (Wildman–Crippen LogP) is 5.85. The van der Waals surface area contributed by atoms with Crippen LogP contribution in [0.2, 0.25) is 0 Å². The summed E-state index contributed by atoms with van der Waals surface area (Å²) in [5.74, 6) is 3.95. The van der Waals surface area contributed by atoms with Crippen LogP contribution in [0, 0.1) is 41.4 Å². The molecule has 30 heavy (non-hydrogen) atoms. The van der Waals surface area contributed by atoms with Crippen LogP contribution in [0.1, 0.15) is 71.3 Å². The second-order valence-corrected chi connectivity index (χ2v) is 11.6. The quantitative estimate of drug-likeness (QED) is 0.613. The molecule has 4 fully saturated rings. The lowest BCUT2D eigenvalue weighted by Crippen LogP contribution is -2.69. The number of fused-ring (bicyclic) bond motifs is 5. The number of rotatable bonds is 2. The molecule has 0 bridgehead atoms. The van der Waals surface area contributed by atoms with Gasteiger partial charge in [0.2, 0.25) is 5.91 Å². The van der Waals surface area contributed by atoms with Crippen molar-refractivity contribution in [3.8, 4) is 5.75 Å². The molecule has 8 atom stereocenters. The number of ether oxygens (including phenoxy) is 1. The summed E-state index contributed by atoms with van der Waals surface area (Å²) in [6, 6.07) is 8.65. The highest BCUT2D eigenvalue weighted by Crippen LogP contribution is 2.66. The van der Waals surface area contributed by atoms with Crippen LogP contribution >= 0.6 is 0 Å². The van der Waals surface area contributed by atoms with E-state index in [1.807, 2.05) is 7.05 Å². The molecule has 3 nitrogen and oxygen atoms in total. The molecule has 164 valence electrons. The maximum absolute atomic E-state index is 12.8. The molecule has 0 spiro atoms. The van der Waals surface area contributed by atoms with E-state index in [1.54, 1.807) is 0 Å². The van der Waals surface area contributed by atoms with Crippen LogP contribution in [0.15, 0.2) is 24.3 Å². The highest BCUT2D eigenvalue weighted by Gasteiger charge is 2.64. The maximum Gasteiger partial charge on any atom is 0.222 e. The molecule has 3 saturated carbocycles. The number of likely N-dealkylation sites (tertiary alicyclic amines) is 1. The summed E-state index contributed by atoms with van der Waals surface area (Å²) < 4.78 is 6.81. The monoisotopic (exact) mass is 409 g/mol. The lowest BCUT2D eigenvalue weighted by atomic mass is 9.44. The molecule has 0 unspecified atom stereocenters. The van der Waals surface area contributed by atoms with E-state index in [2.05, 4.69) is 56.9 Å². The van der Waals surface area contributed by atoms with Crippen LogP contribution in [0.25, 0.3) is 0 Å². The van der Waals surface area contributed by atoms with Crippen molar-refractivity contribution in [3.05, 3.63) is 29.8 Å². The number of carbonyl (C=O) groups excluding carboxylic acids is 1. The Hall–Kier alpha value is -1.51. The molecular weight excluding hydrogens is 370 g/mol. The number of piperidine rings is 1. The normalized spacial score (nSPS) is 45.5. The molecule has 0 N–H and O–H groups in total. The summed E-state index contributed by atoms with van der Waals surface area (Å²) in [5, 5.41) is 0. The Morgan fingerprint density at radius 3 is 2.50 bits per heavy atom. The highest BCUT2D eigenvalue weighted by atomic mass is 16.5. The van der Waals surface area contributed by atoms with E-state index in [4.69, 9.17) is 4.74 Å². The van der Waals surface area contributed by atoms with Gasteiger partial charge in [-0.1, -0.05) is 44.9 Å². The molecule has 3 aliphatic carbocycles. The first-order valence-corrected chi connectivity index (χ1v) is 12.2. The van der Waals surface area contributed by atoms with Gasteiger partial charge in [0.05, 0.1) is 6.04 Å². The summed E-state index contributed by atoms with van der Waals surface area (Å²) in [7, 11) is 2.03. The average Bonchev–Trinajstić information content (AvgIpc) is 3.11. The number of amides is 1. The number of nitrogens with zero attached hydrogens (tertiary/aromatic N) is 1. The van der Waals surface area contributed by atoms with Crippen molar-refractivity contribution in [2.45, 2.75) is 84.8 Å². The van der Waals surface area contributed by atoms with Gasteiger partial charge in [-0.15, -0.1) is 0 Å². The fourth-order valence-electron chi connectivity index (χ4n) is 8.44. The first-order chi connectivity index (χ1) is 14.2. The molecule has 3 heteroatoms. The topological polar surface area (TPSA) is 29.5 Å². The molecule has 4 aliphatic rings. The smallest absolute Gasteiger partial charge is 0.222 e. The van der Waals surface area contributed by atoms with Crippen molar-refractivity contribution in [3.63, 3.8) is 0 Å². The van der Waals surface area contributed by atoms with E-state index in [-0.39, 0.29) is 17.6 Å². The summed E-state index contributed by atoms with van der Waals surface area (Å²) in [6.45, 7) is 9.61. The van der Waals surface area contributed by atoms with Gasteiger partial charge < -0.3 is 9.64 Å². The standard InChI is InChI=1S/C27H39NO2/c1-17-8-10-19(11-9-17)30-24-18(2)23-20-7-6-14-26(20,3)15-12-21(23)27(4)16-13-22(29)28(5)25(24)27/h8-11,18,20-21,23-25H,6-7,12-16H2,1-5H3/t18-,20+,21+,23+,24-,25-,26+,27-/m1/s1. The minimum atomic E-state index is 0.0659. The minimum absolute atomic E-state index is 0.0659. The SMILES string of the molecule is Cc1ccc(O[C@@H]2[C@H](C)[C@H]3[C@@H]4CCC[C@@]4(C)CC[C@@H]3[C@@]3(C)CCC(=O)N(C)[C@H]23)cc1. The molecule has 1 aromatic carbocycles. The van der Waals surface area contributed by atoms with Gasteiger partial charge in [-0.3, -0.25) is 4.79 Å². The number of benzene rings is 1. The molecule has 1 saturated heterocycles. The molecule has 0 radical (unpaired) electrons. The Morgan fingerprint density at radius 1 is 1.03 bits per heavy atom. The van der Waals surface area contributed by atoms with E-state index < -0.39 is 0 Å². The highest BCUT2D eigenvalue weighted by molar-refractivity contribution is 5.77. The number of likely N-dealkylation sites (N-methyl/N-ethyl adjacent to an activating group) is 1. The van der Waals surface area contributed by atoms with E-state index in [0.29, 0.717) is 35.5 Å². The average molecular weight is 410 g/mol. The zero-order chi connectivity index (χ0) is 21.3. The Bertz CT molecular complexity index is 819. The zero-order valence-electron chi connectivity index (χ0n) is 19.5. The number of carbonyl (C=O) groups is 1. The van der Waals surface area contributed by atoms with Gasteiger partial charge >= 0.3 is 0 Å². The van der Waals surface area contributed by atoms with Gasteiger partial charge in [0.25, 0.3) is 0 Å². The van der Waals surface area contributed by atoms with Crippen molar-refractivity contribution >= 4 is 5.91 Å². The largest absolute Gasteiger partial charge is 0.488 e. The van der Waals surface area contributed by atoms with Crippen molar-refractivity contribution in [2.75, 3.05) is 7.05 Å². The third-order valence-corrected chi connectivity index (χ3v) is 10.1. The number of hydrogen-bond donors (Lipinski definition) is 0. The first kappa shape index (κ1) is 20.4. The van der Waals surface area contributed by atoms with E-state index >= 15 is 0 Å². The van der Waals surface area contributed by atoms with Crippen LogP contribution in [0.4, 0.5) is 0 Å². The molecule has 0 aromatic heterocycles. The molecular formula is C27H39NO2. The van der Waals surface area contributed by atoms with Gasteiger partial charge in [-0.25, -0.2) is 0 Å². The Kier molecular flexibility index (Phi) is 4.76. The van der Waals surface area contributed by atoms with Crippen LogP contribution < -0.4 is 4.74 Å². The summed E-state index contributed by atoms with van der Waals surface area (Å²) >= 11 is 0. The van der Waals surface area contributed by atoms with Gasteiger partial charge in [0.15, 0.2) is 0 Å². The predicted molar refractivity (Wildman–Crippen MR) is 120 cm³/mol. The number of aryl methyl sites for hydroxylation is 1. The van der Waals surface area contributed by atoms with Crippen molar-refractivity contribution < 1.29 is 9.53 Å². The Balaban J connectivity index is 1.57. The van der Waals surface area contributed by atoms with Crippen LogP contribution in [0.5, 0.6) is 5.75 Å². The second kappa shape index (κ2) is 7.00. The van der Waals surface area contributed by atoms with E-state index in [9.17, 15) is 4.79 Å². The van der Waals surface area contributed by atoms with E-state index in [0.717, 1.165) is 18.1 Å². The summed E-state index contributed by atoms with van der Waals surface area (Å²) in [4.78, 5) is 14.9. The Morgan fingerprint density at radius 2 is 1.77 bits per heavy atom. The molecule has 1 amide bonds. The molecule has 1 aromatic rings. The van der Waals surface area contributed by atoms with Gasteiger partial charge in [0.1, 0.15) is 11.9 Å². The lowest BCUT2D eigenvalue weighted by molar-refractivity contribution is -0.191. The minimum Gasteiger partial charge on any atom is -0.488 e. The lowest BCUT2D eigenvalue weighted by Gasteiger charge is -2.65. The fraction of sp³-hybridized carbons (Fsp3) is 0.741. The molecule has 1 aliphatic heterocycles. The van der Waals surface area contributed by atoms with Gasteiger partial charge in [-0.05, 0) is 85.7 Å². The zero-order valence-corrected chi connectivity index (χ0v) is 19.5. The molecule has 1 heterocycles. The summed E-state index contributed by atoms with van der Waals surface area (Å²) in [5.41, 5.74) is 1.92.